The van der Waals surface area contributed by atoms with Crippen LogP contribution in [0.15, 0.2) is 24.4 Å². The minimum atomic E-state index is -0.0100. The number of nitrogens with one attached hydrogen (secondary N) is 1. The summed E-state index contributed by atoms with van der Waals surface area (Å²) in [6, 6.07) is 5.92. The zero-order chi connectivity index (χ0) is 17.6. The molecule has 1 N–H and O–H groups in total. The standard InChI is InChI=1S/C18H30N4O2/c1-18(2,3)15(24-4)14-20-17(23)22-11-7-10-21(12-13-22)16-8-5-6-9-19-16/h5-6,8-9,15H,7,10-14H2,1-4H3,(H,20,23)/t15-/m0/s1. The Bertz CT molecular complexity index is 516. The third-order valence-corrected chi connectivity index (χ3v) is 4.45. The highest BCUT2D eigenvalue weighted by Gasteiger charge is 2.26. The number of carbonyl (C=O) groups is 1. The van der Waals surface area contributed by atoms with Gasteiger partial charge in [-0.2, -0.15) is 0 Å². The van der Waals surface area contributed by atoms with Gasteiger partial charge in [-0.05, 0) is 24.0 Å². The van der Waals surface area contributed by atoms with Gasteiger partial charge in [0.05, 0.1) is 6.10 Å². The summed E-state index contributed by atoms with van der Waals surface area (Å²) in [6.45, 7) is 10.1. The van der Waals surface area contributed by atoms with E-state index in [0.717, 1.165) is 31.9 Å². The van der Waals surface area contributed by atoms with E-state index in [9.17, 15) is 4.79 Å². The highest BCUT2D eigenvalue weighted by Crippen LogP contribution is 2.21. The summed E-state index contributed by atoms with van der Waals surface area (Å²) >= 11 is 0. The first-order chi connectivity index (χ1) is 11.4. The van der Waals surface area contributed by atoms with Crippen molar-refractivity contribution in [3.8, 4) is 0 Å². The summed E-state index contributed by atoms with van der Waals surface area (Å²) in [6.07, 6.45) is 2.75. The van der Waals surface area contributed by atoms with Gasteiger partial charge < -0.3 is 19.9 Å². The molecule has 6 nitrogen and oxygen atoms in total. The molecule has 2 amide bonds. The summed E-state index contributed by atoms with van der Waals surface area (Å²) in [5, 5.41) is 3.02. The smallest absolute Gasteiger partial charge is 0.317 e. The van der Waals surface area contributed by atoms with Crippen molar-refractivity contribution in [2.45, 2.75) is 33.3 Å². The first-order valence-corrected chi connectivity index (χ1v) is 8.63. The van der Waals surface area contributed by atoms with Crippen LogP contribution < -0.4 is 10.2 Å². The van der Waals surface area contributed by atoms with Crippen LogP contribution in [0.5, 0.6) is 0 Å². The number of hydrogen-bond donors (Lipinski definition) is 1. The van der Waals surface area contributed by atoms with E-state index < -0.39 is 0 Å². The number of urea groups is 1. The fraction of sp³-hybridized carbons (Fsp3) is 0.667. The number of anilines is 1. The number of pyridine rings is 1. The van der Waals surface area contributed by atoms with E-state index in [2.05, 4.69) is 36.0 Å². The van der Waals surface area contributed by atoms with E-state index in [4.69, 9.17) is 4.74 Å². The van der Waals surface area contributed by atoms with E-state index in [1.807, 2.05) is 29.3 Å². The van der Waals surface area contributed by atoms with E-state index >= 15 is 0 Å². The maximum Gasteiger partial charge on any atom is 0.317 e. The van der Waals surface area contributed by atoms with Crippen LogP contribution >= 0.6 is 0 Å². The Morgan fingerprint density at radius 2 is 2.08 bits per heavy atom. The van der Waals surface area contributed by atoms with E-state index in [1.165, 1.54) is 0 Å². The van der Waals surface area contributed by atoms with Crippen LogP contribution in [0.2, 0.25) is 0 Å². The first kappa shape index (κ1) is 18.5. The maximum absolute atomic E-state index is 12.5. The molecule has 1 saturated heterocycles. The Kier molecular flexibility index (Phi) is 6.43. The molecule has 0 unspecified atom stereocenters. The molecule has 0 radical (unpaired) electrons. The van der Waals surface area contributed by atoms with Crippen molar-refractivity contribution in [3.05, 3.63) is 24.4 Å². The van der Waals surface area contributed by atoms with Crippen molar-refractivity contribution in [2.75, 3.05) is 44.7 Å². The van der Waals surface area contributed by atoms with Crippen molar-refractivity contribution in [1.29, 1.82) is 0 Å². The number of carbonyl (C=O) groups excluding carboxylic acids is 1. The molecule has 0 aliphatic carbocycles. The molecule has 0 saturated carbocycles. The van der Waals surface area contributed by atoms with Crippen LogP contribution in [0.4, 0.5) is 10.6 Å². The van der Waals surface area contributed by atoms with Crippen LogP contribution in [0.1, 0.15) is 27.2 Å². The van der Waals surface area contributed by atoms with Gasteiger partial charge in [-0.3, -0.25) is 0 Å². The Labute approximate surface area is 145 Å². The first-order valence-electron chi connectivity index (χ1n) is 8.63. The second-order valence-electron chi connectivity index (χ2n) is 7.29. The molecule has 1 aliphatic heterocycles. The van der Waals surface area contributed by atoms with Gasteiger partial charge in [0.25, 0.3) is 0 Å². The summed E-state index contributed by atoms with van der Waals surface area (Å²) < 4.78 is 5.50. The molecule has 1 aromatic rings. The Morgan fingerprint density at radius 3 is 2.71 bits per heavy atom. The highest BCUT2D eigenvalue weighted by atomic mass is 16.5. The number of hydrogen-bond acceptors (Lipinski definition) is 4. The number of aromatic nitrogens is 1. The van der Waals surface area contributed by atoms with Crippen LogP contribution in [0.3, 0.4) is 0 Å². The summed E-state index contributed by atoms with van der Waals surface area (Å²) in [4.78, 5) is 21.0. The van der Waals surface area contributed by atoms with Crippen LogP contribution in [-0.4, -0.2) is 61.9 Å². The molecule has 134 valence electrons. The fourth-order valence-electron chi connectivity index (χ4n) is 2.93. The van der Waals surface area contributed by atoms with E-state index in [0.29, 0.717) is 13.1 Å². The number of methoxy groups -OCH3 is 1. The quantitative estimate of drug-likeness (QED) is 0.918. The third-order valence-electron chi connectivity index (χ3n) is 4.45. The minimum absolute atomic E-state index is 0.00144. The fourth-order valence-corrected chi connectivity index (χ4v) is 2.93. The lowest BCUT2D eigenvalue weighted by Crippen LogP contribution is -2.47. The molecule has 6 heteroatoms. The van der Waals surface area contributed by atoms with Crippen LogP contribution in [-0.2, 0) is 4.74 Å². The summed E-state index contributed by atoms with van der Waals surface area (Å²) in [7, 11) is 1.69. The SMILES string of the molecule is CO[C@@H](CNC(=O)N1CCCN(c2ccccn2)CC1)C(C)(C)C. The number of amides is 2. The van der Waals surface area contributed by atoms with E-state index in [1.54, 1.807) is 7.11 Å². The Morgan fingerprint density at radius 1 is 1.29 bits per heavy atom. The van der Waals surface area contributed by atoms with Gasteiger partial charge in [0.1, 0.15) is 5.82 Å². The monoisotopic (exact) mass is 334 g/mol. The number of nitrogens with zero attached hydrogens (tertiary/aromatic N) is 3. The predicted molar refractivity (Wildman–Crippen MR) is 96.3 cm³/mol. The minimum Gasteiger partial charge on any atom is -0.379 e. The normalized spacial score (nSPS) is 17.3. The van der Waals surface area contributed by atoms with Gasteiger partial charge in [0.2, 0.25) is 0 Å². The van der Waals surface area contributed by atoms with Crippen LogP contribution in [0.25, 0.3) is 0 Å². The van der Waals surface area contributed by atoms with Crippen LogP contribution in [0, 0.1) is 5.41 Å². The van der Waals surface area contributed by atoms with Gasteiger partial charge in [-0.15, -0.1) is 0 Å². The topological polar surface area (TPSA) is 57.7 Å². The second kappa shape index (κ2) is 8.33. The summed E-state index contributed by atoms with van der Waals surface area (Å²) in [5.74, 6) is 0.979. The Balaban J connectivity index is 1.86. The molecule has 0 spiro atoms. The largest absolute Gasteiger partial charge is 0.379 e. The maximum atomic E-state index is 12.5. The lowest BCUT2D eigenvalue weighted by atomic mass is 9.89. The van der Waals surface area contributed by atoms with Gasteiger partial charge in [-0.1, -0.05) is 26.8 Å². The molecule has 2 heterocycles. The van der Waals surface area contributed by atoms with Crippen molar-refractivity contribution in [1.82, 2.24) is 15.2 Å². The van der Waals surface area contributed by atoms with Gasteiger partial charge in [0, 0.05) is 46.0 Å². The molecule has 1 atom stereocenters. The second-order valence-corrected chi connectivity index (χ2v) is 7.29. The highest BCUT2D eigenvalue weighted by molar-refractivity contribution is 5.74. The average molecular weight is 334 g/mol. The lowest BCUT2D eigenvalue weighted by molar-refractivity contribution is 0.0186. The zero-order valence-electron chi connectivity index (χ0n) is 15.3. The van der Waals surface area contributed by atoms with Crippen molar-refractivity contribution in [2.24, 2.45) is 5.41 Å². The van der Waals surface area contributed by atoms with Gasteiger partial charge >= 0.3 is 6.03 Å². The molecule has 1 aromatic heterocycles. The van der Waals surface area contributed by atoms with Crippen molar-refractivity contribution in [3.63, 3.8) is 0 Å². The molecular formula is C18H30N4O2. The molecular weight excluding hydrogens is 304 g/mol. The molecule has 1 aliphatic rings. The predicted octanol–water partition coefficient (Wildman–Crippen LogP) is 2.36. The molecule has 24 heavy (non-hydrogen) atoms. The Hall–Kier alpha value is -1.82. The number of ether oxygens (including phenoxy) is 1. The average Bonchev–Trinajstić information content (AvgIpc) is 2.81. The molecule has 0 bridgehead atoms. The van der Waals surface area contributed by atoms with E-state index in [-0.39, 0.29) is 17.6 Å². The van der Waals surface area contributed by atoms with Gasteiger partial charge in [-0.25, -0.2) is 9.78 Å². The van der Waals surface area contributed by atoms with Gasteiger partial charge in [0.15, 0.2) is 0 Å². The lowest BCUT2D eigenvalue weighted by Gasteiger charge is -2.30. The third kappa shape index (κ3) is 5.09. The summed E-state index contributed by atoms with van der Waals surface area (Å²) in [5.41, 5.74) is -0.00338. The molecule has 2 rings (SSSR count). The van der Waals surface area contributed by atoms with Crippen molar-refractivity contribution < 1.29 is 9.53 Å². The molecule has 1 fully saturated rings. The molecule has 0 aromatic carbocycles. The van der Waals surface area contributed by atoms with Crippen molar-refractivity contribution >= 4 is 11.8 Å². The zero-order valence-corrected chi connectivity index (χ0v) is 15.3. The number of rotatable bonds is 4.